The molecule has 2 rings (SSSR count). The molecule has 1 aromatic carbocycles. The van der Waals surface area contributed by atoms with E-state index in [0.29, 0.717) is 12.3 Å². The Morgan fingerprint density at radius 1 is 1.42 bits per heavy atom. The summed E-state index contributed by atoms with van der Waals surface area (Å²) in [6.45, 7) is 6.36. The first-order chi connectivity index (χ1) is 9.02. The molecular formula is C15H20N2OS. The van der Waals surface area contributed by atoms with E-state index in [-0.39, 0.29) is 5.91 Å². The van der Waals surface area contributed by atoms with E-state index in [4.69, 9.17) is 0 Å². The summed E-state index contributed by atoms with van der Waals surface area (Å²) >= 11 is 1.59. The molecule has 0 aliphatic heterocycles. The van der Waals surface area contributed by atoms with Crippen molar-refractivity contribution in [3.63, 3.8) is 0 Å². The third-order valence-corrected chi connectivity index (χ3v) is 4.28. The van der Waals surface area contributed by atoms with E-state index in [9.17, 15) is 4.79 Å². The monoisotopic (exact) mass is 276 g/mol. The van der Waals surface area contributed by atoms with Crippen LogP contribution in [-0.4, -0.2) is 10.5 Å². The Balaban J connectivity index is 2.53. The van der Waals surface area contributed by atoms with Crippen LogP contribution in [0.4, 0.5) is 0 Å². The molecule has 3 nitrogen and oxygen atoms in total. The lowest BCUT2D eigenvalue weighted by Gasteiger charge is -2.04. The van der Waals surface area contributed by atoms with Crippen LogP contribution in [0.15, 0.2) is 23.2 Å². The van der Waals surface area contributed by atoms with Crippen molar-refractivity contribution < 1.29 is 4.79 Å². The average molecular weight is 276 g/mol. The van der Waals surface area contributed by atoms with Crippen LogP contribution < -0.4 is 4.80 Å². The number of thiazole rings is 1. The van der Waals surface area contributed by atoms with Gasteiger partial charge in [-0.2, -0.15) is 4.99 Å². The van der Waals surface area contributed by atoms with E-state index in [0.717, 1.165) is 16.7 Å². The summed E-state index contributed by atoms with van der Waals surface area (Å²) in [4.78, 5) is 16.6. The van der Waals surface area contributed by atoms with Crippen LogP contribution in [-0.2, 0) is 11.8 Å². The molecular weight excluding hydrogens is 256 g/mol. The molecule has 0 bridgehead atoms. The quantitative estimate of drug-likeness (QED) is 0.843. The van der Waals surface area contributed by atoms with E-state index in [1.807, 2.05) is 18.5 Å². The first-order valence-corrected chi connectivity index (χ1v) is 7.51. The van der Waals surface area contributed by atoms with Gasteiger partial charge in [0.25, 0.3) is 0 Å². The van der Waals surface area contributed by atoms with Crippen LogP contribution in [0.5, 0.6) is 0 Å². The molecule has 0 aliphatic rings. The first kappa shape index (κ1) is 14.0. The second-order valence-corrected chi connectivity index (χ2v) is 6.09. The summed E-state index contributed by atoms with van der Waals surface area (Å²) in [5.41, 5.74) is 2.46. The normalized spacial score (nSPS) is 12.6. The van der Waals surface area contributed by atoms with Crippen molar-refractivity contribution in [2.75, 3.05) is 0 Å². The van der Waals surface area contributed by atoms with Crippen LogP contribution in [0.3, 0.4) is 0 Å². The molecule has 1 aromatic heterocycles. The van der Waals surface area contributed by atoms with E-state index in [1.54, 1.807) is 11.3 Å². The Labute approximate surface area is 117 Å². The summed E-state index contributed by atoms with van der Waals surface area (Å²) in [7, 11) is 1.96. The zero-order valence-corrected chi connectivity index (χ0v) is 12.8. The Bertz CT molecular complexity index is 664. The first-order valence-electron chi connectivity index (χ1n) is 6.70. The molecule has 0 atom stereocenters. The van der Waals surface area contributed by atoms with Crippen molar-refractivity contribution in [1.29, 1.82) is 0 Å². The molecule has 0 aliphatic carbocycles. The van der Waals surface area contributed by atoms with Crippen molar-refractivity contribution in [1.82, 2.24) is 4.57 Å². The fraction of sp³-hybridized carbons (Fsp3) is 0.467. The molecule has 0 unspecified atom stereocenters. The van der Waals surface area contributed by atoms with Gasteiger partial charge >= 0.3 is 0 Å². The van der Waals surface area contributed by atoms with Gasteiger partial charge in [-0.15, -0.1) is 0 Å². The second-order valence-electron chi connectivity index (χ2n) is 5.08. The molecule has 0 saturated heterocycles. The predicted molar refractivity (Wildman–Crippen MR) is 80.4 cm³/mol. The van der Waals surface area contributed by atoms with Gasteiger partial charge in [0.2, 0.25) is 5.91 Å². The van der Waals surface area contributed by atoms with E-state index < -0.39 is 0 Å². The van der Waals surface area contributed by atoms with Crippen molar-refractivity contribution in [3.8, 4) is 0 Å². The maximum Gasteiger partial charge on any atom is 0.248 e. The minimum absolute atomic E-state index is 0.0336. The van der Waals surface area contributed by atoms with Gasteiger partial charge in [-0.1, -0.05) is 38.2 Å². The number of amides is 1. The fourth-order valence-electron chi connectivity index (χ4n) is 1.99. The highest BCUT2D eigenvalue weighted by Crippen LogP contribution is 2.22. The lowest BCUT2D eigenvalue weighted by atomic mass is 10.0. The van der Waals surface area contributed by atoms with Gasteiger partial charge in [-0.25, -0.2) is 0 Å². The van der Waals surface area contributed by atoms with Gasteiger partial charge in [0.05, 0.1) is 10.2 Å². The van der Waals surface area contributed by atoms with Crippen LogP contribution >= 0.6 is 11.3 Å². The van der Waals surface area contributed by atoms with E-state index >= 15 is 0 Å². The molecule has 4 heteroatoms. The number of nitrogens with zero attached hydrogens (tertiary/aromatic N) is 2. The molecule has 0 spiro atoms. The molecule has 0 N–H and O–H groups in total. The van der Waals surface area contributed by atoms with Crippen LogP contribution in [0.25, 0.3) is 10.2 Å². The summed E-state index contributed by atoms with van der Waals surface area (Å²) in [6.07, 6.45) is 1.36. The van der Waals surface area contributed by atoms with Crippen molar-refractivity contribution in [2.24, 2.45) is 12.0 Å². The van der Waals surface area contributed by atoms with E-state index in [1.165, 1.54) is 10.3 Å². The van der Waals surface area contributed by atoms with Crippen LogP contribution in [0.2, 0.25) is 0 Å². The van der Waals surface area contributed by atoms with Gasteiger partial charge < -0.3 is 4.57 Å². The largest absolute Gasteiger partial charge is 0.319 e. The SMILES string of the molecule is CCCC(=O)N=c1sc2cc(C(C)C)ccc2n1C. The maximum atomic E-state index is 11.6. The van der Waals surface area contributed by atoms with Gasteiger partial charge in [0.15, 0.2) is 4.80 Å². The number of hydrogen-bond donors (Lipinski definition) is 0. The Morgan fingerprint density at radius 3 is 2.79 bits per heavy atom. The standard InChI is InChI=1S/C15H20N2OS/c1-5-6-14(18)16-15-17(4)12-8-7-11(10(2)3)9-13(12)19-15/h7-10H,5-6H2,1-4H3. The van der Waals surface area contributed by atoms with Gasteiger partial charge in [0.1, 0.15) is 0 Å². The zero-order valence-electron chi connectivity index (χ0n) is 11.9. The number of rotatable bonds is 3. The Hall–Kier alpha value is -1.42. The zero-order chi connectivity index (χ0) is 14.0. The Morgan fingerprint density at radius 2 is 2.16 bits per heavy atom. The fourth-order valence-corrected chi connectivity index (χ4v) is 3.08. The minimum Gasteiger partial charge on any atom is -0.319 e. The lowest BCUT2D eigenvalue weighted by molar-refractivity contribution is -0.118. The topological polar surface area (TPSA) is 34.4 Å². The van der Waals surface area contributed by atoms with Crippen LogP contribution in [0, 0.1) is 0 Å². The molecule has 0 saturated carbocycles. The van der Waals surface area contributed by atoms with Crippen LogP contribution in [0.1, 0.15) is 45.1 Å². The number of aryl methyl sites for hydroxylation is 1. The summed E-state index contributed by atoms with van der Waals surface area (Å²) in [5.74, 6) is 0.479. The maximum absolute atomic E-state index is 11.6. The van der Waals surface area contributed by atoms with Crippen molar-refractivity contribution in [2.45, 2.75) is 39.5 Å². The molecule has 1 heterocycles. The average Bonchev–Trinajstić information content (AvgIpc) is 2.66. The Kier molecular flexibility index (Phi) is 4.20. The van der Waals surface area contributed by atoms with Crippen molar-refractivity contribution in [3.05, 3.63) is 28.6 Å². The number of fused-ring (bicyclic) bond motifs is 1. The summed E-state index contributed by atoms with van der Waals surface area (Å²) < 4.78 is 3.19. The molecule has 1 amide bonds. The molecule has 0 fully saturated rings. The highest BCUT2D eigenvalue weighted by atomic mass is 32.1. The van der Waals surface area contributed by atoms with E-state index in [2.05, 4.69) is 37.0 Å². The number of carbonyl (C=O) groups excluding carboxylic acids is 1. The highest BCUT2D eigenvalue weighted by Gasteiger charge is 2.07. The summed E-state index contributed by atoms with van der Waals surface area (Å²) in [5, 5.41) is 0. The number of hydrogen-bond acceptors (Lipinski definition) is 2. The minimum atomic E-state index is -0.0336. The molecule has 19 heavy (non-hydrogen) atoms. The summed E-state index contributed by atoms with van der Waals surface area (Å²) in [6, 6.07) is 6.47. The third-order valence-electron chi connectivity index (χ3n) is 3.18. The molecule has 102 valence electrons. The van der Waals surface area contributed by atoms with Gasteiger partial charge in [0, 0.05) is 13.5 Å². The molecule has 0 radical (unpaired) electrons. The lowest BCUT2D eigenvalue weighted by Crippen LogP contribution is -2.12. The number of carbonyl (C=O) groups is 1. The van der Waals surface area contributed by atoms with Gasteiger partial charge in [-0.05, 0) is 30.0 Å². The number of aromatic nitrogens is 1. The smallest absolute Gasteiger partial charge is 0.248 e. The second kappa shape index (κ2) is 5.70. The van der Waals surface area contributed by atoms with Gasteiger partial charge in [-0.3, -0.25) is 4.79 Å². The third kappa shape index (κ3) is 2.95. The molecule has 2 aromatic rings. The number of benzene rings is 1. The van der Waals surface area contributed by atoms with Crippen molar-refractivity contribution >= 4 is 27.5 Å². The predicted octanol–water partition coefficient (Wildman–Crippen LogP) is 3.59. The highest BCUT2D eigenvalue weighted by molar-refractivity contribution is 7.16.